The van der Waals surface area contributed by atoms with Gasteiger partial charge in [-0.3, -0.25) is 0 Å². The van der Waals surface area contributed by atoms with E-state index in [0.717, 1.165) is 12.8 Å². The maximum atomic E-state index is 10.2. The minimum Gasteiger partial charge on any atom is -0.472 e. The molecular weight excluding hydrogens is 372 g/mol. The minimum atomic E-state index is -1.53. The van der Waals surface area contributed by atoms with Crippen molar-refractivity contribution in [1.82, 2.24) is 0 Å². The molecule has 0 amide bonds. The van der Waals surface area contributed by atoms with E-state index in [0.29, 0.717) is 12.2 Å². The first kappa shape index (κ1) is 21.7. The van der Waals surface area contributed by atoms with Crippen molar-refractivity contribution in [2.45, 2.75) is 62.9 Å². The van der Waals surface area contributed by atoms with Gasteiger partial charge >= 0.3 is 0 Å². The summed E-state index contributed by atoms with van der Waals surface area (Å²) in [6.45, 7) is 1.94. The van der Waals surface area contributed by atoms with Gasteiger partial charge in [0.25, 0.3) is 0 Å². The van der Waals surface area contributed by atoms with Crippen LogP contribution in [0.1, 0.15) is 19.8 Å². The van der Waals surface area contributed by atoms with Crippen molar-refractivity contribution in [3.63, 3.8) is 0 Å². The standard InChI is InChI=1S/C19H30O9/c1-2-3-5-25-12-7-10(8-20)14-11(12)4-6-26-18(14)28-19-17(24)16(23)15(22)13(9-21)27-19/h4,6-7,11-24H,2-3,5,8-9H2,1H3/t11-,12+,13+,14+,15+,16-,17+,18-,19-/m0/s1. The second kappa shape index (κ2) is 9.64. The fourth-order valence-electron chi connectivity index (χ4n) is 3.88. The van der Waals surface area contributed by atoms with Gasteiger partial charge in [0.2, 0.25) is 6.29 Å². The van der Waals surface area contributed by atoms with Crippen LogP contribution in [0, 0.1) is 11.8 Å². The molecule has 2 aliphatic heterocycles. The summed E-state index contributed by atoms with van der Waals surface area (Å²) in [4.78, 5) is 0. The highest BCUT2D eigenvalue weighted by Gasteiger charge is 2.49. The molecule has 1 fully saturated rings. The van der Waals surface area contributed by atoms with Crippen LogP contribution >= 0.6 is 0 Å². The molecule has 3 aliphatic rings. The van der Waals surface area contributed by atoms with E-state index in [1.165, 1.54) is 6.26 Å². The molecule has 0 unspecified atom stereocenters. The van der Waals surface area contributed by atoms with E-state index in [1.807, 2.05) is 12.2 Å². The number of rotatable bonds is 8. The van der Waals surface area contributed by atoms with Gasteiger partial charge in [0.1, 0.15) is 24.4 Å². The molecule has 0 saturated carbocycles. The second-order valence-corrected chi connectivity index (χ2v) is 7.36. The van der Waals surface area contributed by atoms with Gasteiger partial charge < -0.3 is 44.5 Å². The molecular formula is C19H30O9. The Kier molecular flexibility index (Phi) is 7.46. The molecule has 9 nitrogen and oxygen atoms in total. The lowest BCUT2D eigenvalue weighted by atomic mass is 9.88. The number of hydrogen-bond acceptors (Lipinski definition) is 9. The fourth-order valence-corrected chi connectivity index (χ4v) is 3.88. The Bertz CT molecular complexity index is 564. The summed E-state index contributed by atoms with van der Waals surface area (Å²) < 4.78 is 22.7. The maximum absolute atomic E-state index is 10.2. The van der Waals surface area contributed by atoms with Crippen molar-refractivity contribution in [3.8, 4) is 0 Å². The molecule has 0 aromatic carbocycles. The Morgan fingerprint density at radius 3 is 2.54 bits per heavy atom. The van der Waals surface area contributed by atoms with Gasteiger partial charge in [-0.25, -0.2) is 0 Å². The zero-order valence-corrected chi connectivity index (χ0v) is 15.8. The summed E-state index contributed by atoms with van der Waals surface area (Å²) in [5, 5.41) is 49.2. The number of unbranched alkanes of at least 4 members (excludes halogenated alkanes) is 1. The summed E-state index contributed by atoms with van der Waals surface area (Å²) >= 11 is 0. The first-order chi connectivity index (χ1) is 13.5. The predicted molar refractivity (Wildman–Crippen MR) is 95.7 cm³/mol. The molecule has 160 valence electrons. The molecule has 9 heteroatoms. The summed E-state index contributed by atoms with van der Waals surface area (Å²) in [5.41, 5.74) is 0.699. The summed E-state index contributed by atoms with van der Waals surface area (Å²) in [7, 11) is 0. The second-order valence-electron chi connectivity index (χ2n) is 7.36. The molecule has 0 aromatic rings. The van der Waals surface area contributed by atoms with E-state index >= 15 is 0 Å². The molecule has 0 spiro atoms. The Morgan fingerprint density at radius 2 is 1.86 bits per heavy atom. The lowest BCUT2D eigenvalue weighted by Crippen LogP contribution is -2.60. The molecule has 1 aliphatic carbocycles. The fraction of sp³-hybridized carbons (Fsp3) is 0.789. The highest BCUT2D eigenvalue weighted by atomic mass is 16.8. The summed E-state index contributed by atoms with van der Waals surface area (Å²) in [6.07, 6.45) is -0.864. The topological polar surface area (TPSA) is 138 Å². The normalized spacial score (nSPS) is 42.8. The largest absolute Gasteiger partial charge is 0.472 e. The van der Waals surface area contributed by atoms with Gasteiger partial charge in [-0.1, -0.05) is 19.4 Å². The molecule has 0 bridgehead atoms. The molecule has 28 heavy (non-hydrogen) atoms. The van der Waals surface area contributed by atoms with Crippen LogP contribution in [0.25, 0.3) is 0 Å². The lowest BCUT2D eigenvalue weighted by Gasteiger charge is -2.42. The van der Waals surface area contributed by atoms with Gasteiger partial charge in [-0.15, -0.1) is 0 Å². The molecule has 5 N–H and O–H groups in total. The Labute approximate surface area is 163 Å². The van der Waals surface area contributed by atoms with Gasteiger partial charge in [0.05, 0.1) is 31.5 Å². The van der Waals surface area contributed by atoms with E-state index in [1.54, 1.807) is 0 Å². The third kappa shape index (κ3) is 4.27. The van der Waals surface area contributed by atoms with Gasteiger partial charge in [0.15, 0.2) is 6.29 Å². The smallest absolute Gasteiger partial charge is 0.209 e. The number of aliphatic hydroxyl groups excluding tert-OH is 5. The van der Waals surface area contributed by atoms with Gasteiger partial charge in [-0.2, -0.15) is 0 Å². The van der Waals surface area contributed by atoms with Crippen LogP contribution in [0.4, 0.5) is 0 Å². The van der Waals surface area contributed by atoms with E-state index in [2.05, 4.69) is 6.92 Å². The van der Waals surface area contributed by atoms with Crippen LogP contribution in [-0.2, 0) is 18.9 Å². The summed E-state index contributed by atoms with van der Waals surface area (Å²) in [6, 6.07) is 0. The Hall–Kier alpha value is -1.04. The van der Waals surface area contributed by atoms with Crippen LogP contribution in [0.5, 0.6) is 0 Å². The van der Waals surface area contributed by atoms with Gasteiger partial charge in [0, 0.05) is 12.5 Å². The van der Waals surface area contributed by atoms with Crippen molar-refractivity contribution in [3.05, 3.63) is 24.0 Å². The van der Waals surface area contributed by atoms with Crippen molar-refractivity contribution in [1.29, 1.82) is 0 Å². The highest BCUT2D eigenvalue weighted by Crippen LogP contribution is 2.42. The Balaban J connectivity index is 1.71. The third-order valence-corrected chi connectivity index (χ3v) is 5.51. The lowest BCUT2D eigenvalue weighted by molar-refractivity contribution is -0.339. The first-order valence-corrected chi connectivity index (χ1v) is 9.73. The van der Waals surface area contributed by atoms with Crippen molar-refractivity contribution >= 4 is 0 Å². The van der Waals surface area contributed by atoms with E-state index in [4.69, 9.17) is 18.9 Å². The van der Waals surface area contributed by atoms with Crippen LogP contribution in [0.2, 0.25) is 0 Å². The molecule has 9 atom stereocenters. The van der Waals surface area contributed by atoms with Crippen LogP contribution < -0.4 is 0 Å². The molecule has 1 saturated heterocycles. The predicted octanol–water partition coefficient (Wildman–Crippen LogP) is -0.977. The average Bonchev–Trinajstić information content (AvgIpc) is 3.07. The van der Waals surface area contributed by atoms with Crippen molar-refractivity contribution in [2.75, 3.05) is 19.8 Å². The third-order valence-electron chi connectivity index (χ3n) is 5.51. The quantitative estimate of drug-likeness (QED) is 0.256. The average molecular weight is 402 g/mol. The van der Waals surface area contributed by atoms with Crippen molar-refractivity contribution < 1.29 is 44.5 Å². The number of aliphatic hydroxyl groups is 5. The zero-order valence-electron chi connectivity index (χ0n) is 15.8. The molecule has 2 heterocycles. The number of fused-ring (bicyclic) bond motifs is 1. The molecule has 0 aromatic heterocycles. The first-order valence-electron chi connectivity index (χ1n) is 9.73. The van der Waals surface area contributed by atoms with Crippen LogP contribution in [0.3, 0.4) is 0 Å². The number of ether oxygens (including phenoxy) is 4. The van der Waals surface area contributed by atoms with Gasteiger partial charge in [-0.05, 0) is 18.1 Å². The van der Waals surface area contributed by atoms with E-state index in [-0.39, 0.29) is 24.5 Å². The zero-order chi connectivity index (χ0) is 20.3. The SMILES string of the molecule is CCCCO[C@@H]1C=C(CO)[C@H]2[C@H](O[C@@H]3O[C@H](CO)[C@@H](O)[C@H](O)[C@H]3O)OC=C[C@H]21. The minimum absolute atomic E-state index is 0.109. The molecule has 0 radical (unpaired) electrons. The highest BCUT2D eigenvalue weighted by molar-refractivity contribution is 5.26. The maximum Gasteiger partial charge on any atom is 0.209 e. The van der Waals surface area contributed by atoms with Crippen LogP contribution in [-0.4, -0.2) is 88.5 Å². The summed E-state index contributed by atoms with van der Waals surface area (Å²) in [5.74, 6) is -0.461. The Morgan fingerprint density at radius 1 is 1.07 bits per heavy atom. The molecule has 3 rings (SSSR count). The van der Waals surface area contributed by atoms with Crippen molar-refractivity contribution in [2.24, 2.45) is 11.8 Å². The van der Waals surface area contributed by atoms with E-state index in [9.17, 15) is 25.5 Å². The van der Waals surface area contributed by atoms with Crippen LogP contribution in [0.15, 0.2) is 24.0 Å². The van der Waals surface area contributed by atoms with E-state index < -0.39 is 43.6 Å². The monoisotopic (exact) mass is 402 g/mol. The number of hydrogen-bond donors (Lipinski definition) is 5.